The topological polar surface area (TPSA) is 271 Å². The minimum absolute atomic E-state index is 0.357. The molecule has 5 atom stereocenters. The summed E-state index contributed by atoms with van der Waals surface area (Å²) in [4.78, 5) is 69.4. The maximum atomic E-state index is 12.5. The Bertz CT molecular complexity index is 698. The van der Waals surface area contributed by atoms with Crippen molar-refractivity contribution >= 4 is 35.6 Å². The molecule has 0 rings (SSSR count). The lowest BCUT2D eigenvalue weighted by molar-refractivity contribution is -0.143. The molecule has 0 aromatic carbocycles. The number of aliphatic hydroxyl groups excluding tert-OH is 2. The number of carboxylic acid groups (broad SMARTS) is 2. The number of amides is 4. The molecule has 0 radical (unpaired) electrons. The van der Waals surface area contributed by atoms with E-state index in [0.717, 1.165) is 6.92 Å². The van der Waals surface area contributed by atoms with Crippen LogP contribution in [-0.4, -0.2) is 92.9 Å². The SMILES string of the molecule is CC(O)C(NC(=O)C(N)CC(=O)O)C(=O)NC(CCC(N)=O)C(=O)NC(CO)C(=O)O. The van der Waals surface area contributed by atoms with E-state index in [4.69, 9.17) is 26.8 Å². The lowest BCUT2D eigenvalue weighted by Gasteiger charge is -2.26. The van der Waals surface area contributed by atoms with Crippen LogP contribution in [0.1, 0.15) is 26.2 Å². The summed E-state index contributed by atoms with van der Waals surface area (Å²) in [6.07, 6.45) is -3.00. The zero-order valence-electron chi connectivity index (χ0n) is 16.6. The van der Waals surface area contributed by atoms with E-state index < -0.39 is 78.9 Å². The van der Waals surface area contributed by atoms with Gasteiger partial charge in [-0.05, 0) is 13.3 Å². The van der Waals surface area contributed by atoms with Crippen molar-refractivity contribution in [3.8, 4) is 0 Å². The lowest BCUT2D eigenvalue weighted by atomic mass is 10.1. The fraction of sp³-hybridized carbons (Fsp3) is 0.625. The molecule has 0 aromatic heterocycles. The maximum Gasteiger partial charge on any atom is 0.328 e. The second-order valence-electron chi connectivity index (χ2n) is 6.58. The van der Waals surface area contributed by atoms with Crippen LogP contribution in [0.5, 0.6) is 0 Å². The van der Waals surface area contributed by atoms with Crippen molar-refractivity contribution in [3.05, 3.63) is 0 Å². The fourth-order valence-corrected chi connectivity index (χ4v) is 2.22. The van der Waals surface area contributed by atoms with Gasteiger partial charge in [-0.3, -0.25) is 24.0 Å². The van der Waals surface area contributed by atoms with Gasteiger partial charge in [0.15, 0.2) is 0 Å². The second kappa shape index (κ2) is 13.1. The number of aliphatic carboxylic acids is 2. The van der Waals surface area contributed by atoms with Gasteiger partial charge in [0, 0.05) is 6.42 Å². The molecular weight excluding hydrogens is 422 g/mol. The normalized spacial score (nSPS) is 15.5. The van der Waals surface area contributed by atoms with E-state index >= 15 is 0 Å². The Labute approximate surface area is 176 Å². The van der Waals surface area contributed by atoms with Gasteiger partial charge >= 0.3 is 11.9 Å². The third-order valence-electron chi connectivity index (χ3n) is 3.90. The van der Waals surface area contributed by atoms with E-state index in [2.05, 4.69) is 10.6 Å². The number of hydrogen-bond acceptors (Lipinski definition) is 9. The molecule has 15 heteroatoms. The zero-order chi connectivity index (χ0) is 24.3. The van der Waals surface area contributed by atoms with Crippen LogP contribution in [0.15, 0.2) is 0 Å². The number of aliphatic hydroxyl groups is 2. The van der Waals surface area contributed by atoms with Crippen molar-refractivity contribution in [3.63, 3.8) is 0 Å². The van der Waals surface area contributed by atoms with E-state index in [1.54, 1.807) is 0 Å². The quantitative estimate of drug-likeness (QED) is 0.121. The van der Waals surface area contributed by atoms with Crippen molar-refractivity contribution in [2.75, 3.05) is 6.61 Å². The molecule has 0 bridgehead atoms. The highest BCUT2D eigenvalue weighted by Gasteiger charge is 2.32. The Morgan fingerprint density at radius 1 is 0.903 bits per heavy atom. The first kappa shape index (κ1) is 27.7. The van der Waals surface area contributed by atoms with Crippen molar-refractivity contribution in [2.24, 2.45) is 11.5 Å². The predicted molar refractivity (Wildman–Crippen MR) is 101 cm³/mol. The van der Waals surface area contributed by atoms with Crippen molar-refractivity contribution in [1.29, 1.82) is 0 Å². The number of nitrogens with one attached hydrogen (secondary N) is 3. The largest absolute Gasteiger partial charge is 0.481 e. The molecule has 0 aliphatic rings. The van der Waals surface area contributed by atoms with Gasteiger partial charge < -0.3 is 47.8 Å². The molecular formula is C16H27N5O10. The second-order valence-corrected chi connectivity index (χ2v) is 6.58. The van der Waals surface area contributed by atoms with Crippen LogP contribution in [0.2, 0.25) is 0 Å². The first-order valence-electron chi connectivity index (χ1n) is 8.98. The molecule has 0 aliphatic heterocycles. The highest BCUT2D eigenvalue weighted by molar-refractivity contribution is 5.95. The minimum atomic E-state index is -1.69. The van der Waals surface area contributed by atoms with Crippen LogP contribution in [0.3, 0.4) is 0 Å². The lowest BCUT2D eigenvalue weighted by Crippen LogP contribution is -2.60. The molecule has 0 aromatic rings. The molecule has 0 heterocycles. The van der Waals surface area contributed by atoms with E-state index in [9.17, 15) is 33.9 Å². The maximum absolute atomic E-state index is 12.5. The third kappa shape index (κ3) is 10.3. The molecule has 0 fully saturated rings. The summed E-state index contributed by atoms with van der Waals surface area (Å²) in [5.41, 5.74) is 10.4. The highest BCUT2D eigenvalue weighted by Crippen LogP contribution is 2.03. The Balaban J connectivity index is 5.41. The Morgan fingerprint density at radius 3 is 1.87 bits per heavy atom. The molecule has 0 saturated carbocycles. The standard InChI is InChI=1S/C16H27N5O10/c1-6(23)12(21-13(27)7(17)4-11(25)26)15(29)19-8(2-3-10(18)24)14(28)20-9(5-22)16(30)31/h6-9,12,22-23H,2-5,17H2,1H3,(H2,18,24)(H,19,29)(H,20,28)(H,21,27)(H,25,26)(H,30,31). The van der Waals surface area contributed by atoms with Crippen LogP contribution in [0, 0.1) is 0 Å². The molecule has 4 amide bonds. The highest BCUT2D eigenvalue weighted by atomic mass is 16.4. The van der Waals surface area contributed by atoms with Crippen molar-refractivity contribution < 1.29 is 49.2 Å². The predicted octanol–water partition coefficient (Wildman–Crippen LogP) is -5.03. The van der Waals surface area contributed by atoms with Crippen LogP contribution in [-0.2, 0) is 28.8 Å². The molecule has 11 N–H and O–H groups in total. The van der Waals surface area contributed by atoms with Gasteiger partial charge in [0.05, 0.1) is 25.2 Å². The average Bonchev–Trinajstić information content (AvgIpc) is 2.65. The molecule has 0 saturated heterocycles. The van der Waals surface area contributed by atoms with E-state index in [1.807, 2.05) is 5.32 Å². The monoisotopic (exact) mass is 449 g/mol. The number of carbonyl (C=O) groups is 6. The fourth-order valence-electron chi connectivity index (χ4n) is 2.22. The van der Waals surface area contributed by atoms with Crippen LogP contribution >= 0.6 is 0 Å². The number of carbonyl (C=O) groups excluding carboxylic acids is 4. The van der Waals surface area contributed by atoms with Gasteiger partial charge in [-0.1, -0.05) is 0 Å². The van der Waals surface area contributed by atoms with E-state index in [1.165, 1.54) is 0 Å². The molecule has 15 nitrogen and oxygen atoms in total. The van der Waals surface area contributed by atoms with Crippen LogP contribution in [0.4, 0.5) is 0 Å². The van der Waals surface area contributed by atoms with Gasteiger partial charge in [0.1, 0.15) is 18.1 Å². The summed E-state index contributed by atoms with van der Waals surface area (Å²) in [6.45, 7) is 0.170. The van der Waals surface area contributed by atoms with Crippen molar-refractivity contribution in [1.82, 2.24) is 16.0 Å². The van der Waals surface area contributed by atoms with E-state index in [0.29, 0.717) is 0 Å². The Kier molecular flexibility index (Phi) is 11.7. The Morgan fingerprint density at radius 2 is 1.45 bits per heavy atom. The zero-order valence-corrected chi connectivity index (χ0v) is 16.6. The summed E-state index contributed by atoms with van der Waals surface area (Å²) in [5, 5.41) is 42.5. The van der Waals surface area contributed by atoms with Gasteiger partial charge in [0.25, 0.3) is 0 Å². The number of nitrogens with two attached hydrogens (primary N) is 2. The summed E-state index contributed by atoms with van der Waals surface area (Å²) in [6, 6.07) is -6.40. The smallest absolute Gasteiger partial charge is 0.328 e. The molecule has 0 aliphatic carbocycles. The van der Waals surface area contributed by atoms with E-state index in [-0.39, 0.29) is 12.8 Å². The van der Waals surface area contributed by atoms with Crippen LogP contribution < -0.4 is 27.4 Å². The first-order chi connectivity index (χ1) is 14.3. The molecule has 176 valence electrons. The number of rotatable bonds is 14. The number of hydrogen-bond donors (Lipinski definition) is 9. The molecule has 0 spiro atoms. The van der Waals surface area contributed by atoms with Crippen molar-refractivity contribution in [2.45, 2.75) is 56.5 Å². The average molecular weight is 449 g/mol. The van der Waals surface area contributed by atoms with Gasteiger partial charge in [-0.25, -0.2) is 4.79 Å². The minimum Gasteiger partial charge on any atom is -0.481 e. The third-order valence-corrected chi connectivity index (χ3v) is 3.90. The van der Waals surface area contributed by atoms with Gasteiger partial charge in [-0.15, -0.1) is 0 Å². The Hall–Kier alpha value is -3.30. The summed E-state index contributed by atoms with van der Waals surface area (Å²) >= 11 is 0. The summed E-state index contributed by atoms with van der Waals surface area (Å²) < 4.78 is 0. The van der Waals surface area contributed by atoms with Gasteiger partial charge in [0.2, 0.25) is 23.6 Å². The molecule has 5 unspecified atom stereocenters. The first-order valence-corrected chi connectivity index (χ1v) is 8.98. The van der Waals surface area contributed by atoms with Crippen LogP contribution in [0.25, 0.3) is 0 Å². The summed E-state index contributed by atoms with van der Waals surface area (Å²) in [5.74, 6) is -7.00. The number of carboxylic acids is 2. The summed E-state index contributed by atoms with van der Waals surface area (Å²) in [7, 11) is 0. The van der Waals surface area contributed by atoms with Gasteiger partial charge in [-0.2, -0.15) is 0 Å². The molecule has 31 heavy (non-hydrogen) atoms. The number of primary amides is 1.